The molecule has 1 aromatic carbocycles. The Morgan fingerprint density at radius 3 is 2.45 bits per heavy atom. The topological polar surface area (TPSA) is 64.6 Å². The number of hydrogen-bond donors (Lipinski definition) is 1. The molecule has 0 aliphatic heterocycles. The summed E-state index contributed by atoms with van der Waals surface area (Å²) in [7, 11) is 1.32. The highest BCUT2D eigenvalue weighted by atomic mass is 16.5. The van der Waals surface area contributed by atoms with Crippen molar-refractivity contribution in [2.75, 3.05) is 19.0 Å². The molecule has 1 aromatic rings. The number of ether oxygens (including phenoxy) is 2. The van der Waals surface area contributed by atoms with Crippen molar-refractivity contribution in [3.05, 3.63) is 29.3 Å². The van der Waals surface area contributed by atoms with Crippen LogP contribution in [0.1, 0.15) is 36.7 Å². The molecule has 0 aromatic heterocycles. The largest absolute Gasteiger partial charge is 0.465 e. The van der Waals surface area contributed by atoms with Gasteiger partial charge < -0.3 is 14.8 Å². The minimum atomic E-state index is -0.426. The summed E-state index contributed by atoms with van der Waals surface area (Å²) < 4.78 is 10.1. The molecule has 5 heteroatoms. The maximum Gasteiger partial charge on any atom is 0.338 e. The average Bonchev–Trinajstić information content (AvgIpc) is 2.37. The fourth-order valence-corrected chi connectivity index (χ4v) is 1.57. The van der Waals surface area contributed by atoms with E-state index in [0.29, 0.717) is 16.8 Å². The van der Waals surface area contributed by atoms with E-state index >= 15 is 0 Å². The molecule has 0 unspecified atom stereocenters. The number of methoxy groups -OCH3 is 1. The van der Waals surface area contributed by atoms with Crippen molar-refractivity contribution in [3.8, 4) is 0 Å². The van der Waals surface area contributed by atoms with Gasteiger partial charge in [0.2, 0.25) is 5.91 Å². The third-order valence-corrected chi connectivity index (χ3v) is 2.65. The molecule has 0 aliphatic rings. The van der Waals surface area contributed by atoms with Crippen molar-refractivity contribution < 1.29 is 19.1 Å². The Balaban J connectivity index is 2.78. The number of esters is 1. The minimum Gasteiger partial charge on any atom is -0.465 e. The summed E-state index contributed by atoms with van der Waals surface area (Å²) in [5, 5.41) is 2.73. The van der Waals surface area contributed by atoms with Crippen LogP contribution in [-0.4, -0.2) is 31.2 Å². The fraction of sp³-hybridized carbons (Fsp3) is 0.467. The number of rotatable bonds is 4. The zero-order valence-electron chi connectivity index (χ0n) is 12.6. The molecule has 0 radical (unpaired) electrons. The van der Waals surface area contributed by atoms with Crippen molar-refractivity contribution >= 4 is 17.6 Å². The first kappa shape index (κ1) is 16.2. The maximum atomic E-state index is 11.8. The lowest BCUT2D eigenvalue weighted by Gasteiger charge is -2.19. The van der Waals surface area contributed by atoms with Gasteiger partial charge in [-0.3, -0.25) is 4.79 Å². The van der Waals surface area contributed by atoms with Gasteiger partial charge in [-0.05, 0) is 45.4 Å². The first-order valence-electron chi connectivity index (χ1n) is 6.36. The second kappa shape index (κ2) is 6.52. The van der Waals surface area contributed by atoms with Crippen molar-refractivity contribution in [1.82, 2.24) is 0 Å². The molecule has 0 spiro atoms. The van der Waals surface area contributed by atoms with E-state index in [2.05, 4.69) is 5.32 Å². The van der Waals surface area contributed by atoms with E-state index < -0.39 is 5.97 Å². The smallest absolute Gasteiger partial charge is 0.338 e. The van der Waals surface area contributed by atoms with Gasteiger partial charge in [-0.15, -0.1) is 0 Å². The monoisotopic (exact) mass is 279 g/mol. The number of nitrogens with one attached hydrogen (secondary N) is 1. The molecular weight excluding hydrogens is 258 g/mol. The zero-order chi connectivity index (χ0) is 15.3. The van der Waals surface area contributed by atoms with Crippen LogP contribution in [0, 0.1) is 6.92 Å². The average molecular weight is 279 g/mol. The Bertz CT molecular complexity index is 503. The molecule has 20 heavy (non-hydrogen) atoms. The predicted octanol–water partition coefficient (Wildman–Crippen LogP) is 2.54. The fourth-order valence-electron chi connectivity index (χ4n) is 1.57. The summed E-state index contributed by atoms with van der Waals surface area (Å²) in [6.45, 7) is 7.36. The van der Waals surface area contributed by atoms with Crippen molar-refractivity contribution in [2.45, 2.75) is 33.3 Å². The number of hydrogen-bond acceptors (Lipinski definition) is 4. The Kier molecular flexibility index (Phi) is 5.27. The standard InChI is InChI=1S/C15H21NO4/c1-10-11(14(18)19-5)7-6-8-12(10)16-13(17)9-20-15(2,3)4/h6-8H,9H2,1-5H3,(H,16,17). The van der Waals surface area contributed by atoms with Crippen LogP contribution in [0.5, 0.6) is 0 Å². The Morgan fingerprint density at radius 2 is 1.90 bits per heavy atom. The van der Waals surface area contributed by atoms with Crippen LogP contribution in [0.2, 0.25) is 0 Å². The number of amides is 1. The van der Waals surface area contributed by atoms with Gasteiger partial charge in [-0.1, -0.05) is 6.07 Å². The minimum absolute atomic E-state index is 0.0363. The van der Waals surface area contributed by atoms with Gasteiger partial charge in [-0.25, -0.2) is 4.79 Å². The molecule has 1 amide bonds. The summed E-state index contributed by atoms with van der Waals surface area (Å²) in [5.41, 5.74) is 1.31. The van der Waals surface area contributed by atoms with Gasteiger partial charge in [-0.2, -0.15) is 0 Å². The van der Waals surface area contributed by atoms with E-state index in [9.17, 15) is 9.59 Å². The van der Waals surface area contributed by atoms with Crippen LogP contribution < -0.4 is 5.32 Å². The highest BCUT2D eigenvalue weighted by Crippen LogP contribution is 2.19. The summed E-state index contributed by atoms with van der Waals surface area (Å²) in [4.78, 5) is 23.4. The van der Waals surface area contributed by atoms with Crippen molar-refractivity contribution in [3.63, 3.8) is 0 Å². The van der Waals surface area contributed by atoms with Crippen LogP contribution in [0.15, 0.2) is 18.2 Å². The number of carbonyl (C=O) groups excluding carboxylic acids is 2. The van der Waals surface area contributed by atoms with E-state index in [4.69, 9.17) is 9.47 Å². The molecule has 0 aliphatic carbocycles. The predicted molar refractivity (Wildman–Crippen MR) is 76.9 cm³/mol. The molecule has 110 valence electrons. The molecular formula is C15H21NO4. The van der Waals surface area contributed by atoms with Crippen LogP contribution in [0.3, 0.4) is 0 Å². The second-order valence-corrected chi connectivity index (χ2v) is 5.42. The third-order valence-electron chi connectivity index (χ3n) is 2.65. The van der Waals surface area contributed by atoms with Gasteiger partial charge in [0.15, 0.2) is 0 Å². The van der Waals surface area contributed by atoms with Gasteiger partial charge in [0.1, 0.15) is 6.61 Å². The van der Waals surface area contributed by atoms with Crippen molar-refractivity contribution in [1.29, 1.82) is 0 Å². The highest BCUT2D eigenvalue weighted by molar-refractivity contribution is 5.97. The van der Waals surface area contributed by atoms with Crippen LogP contribution >= 0.6 is 0 Å². The van der Waals surface area contributed by atoms with Crippen LogP contribution in [-0.2, 0) is 14.3 Å². The second-order valence-electron chi connectivity index (χ2n) is 5.42. The van der Waals surface area contributed by atoms with Gasteiger partial charge in [0.25, 0.3) is 0 Å². The molecule has 5 nitrogen and oxygen atoms in total. The summed E-state index contributed by atoms with van der Waals surface area (Å²) in [5.74, 6) is -0.686. The third kappa shape index (κ3) is 4.66. The molecule has 0 saturated carbocycles. The van der Waals surface area contributed by atoms with Gasteiger partial charge in [0, 0.05) is 5.69 Å². The zero-order valence-corrected chi connectivity index (χ0v) is 12.6. The molecule has 1 N–H and O–H groups in total. The van der Waals surface area contributed by atoms with Crippen LogP contribution in [0.25, 0.3) is 0 Å². The quantitative estimate of drug-likeness (QED) is 0.860. The van der Waals surface area contributed by atoms with Crippen LogP contribution in [0.4, 0.5) is 5.69 Å². The SMILES string of the molecule is COC(=O)c1cccc(NC(=O)COC(C)(C)C)c1C. The molecule has 0 heterocycles. The van der Waals surface area contributed by atoms with E-state index in [0.717, 1.165) is 0 Å². The van der Waals surface area contributed by atoms with Crippen molar-refractivity contribution in [2.24, 2.45) is 0 Å². The van der Waals surface area contributed by atoms with Gasteiger partial charge >= 0.3 is 5.97 Å². The van der Waals surface area contributed by atoms with E-state index in [-0.39, 0.29) is 18.1 Å². The summed E-state index contributed by atoms with van der Waals surface area (Å²) in [6, 6.07) is 5.08. The van der Waals surface area contributed by atoms with E-state index in [1.807, 2.05) is 20.8 Å². The molecule has 0 fully saturated rings. The summed E-state index contributed by atoms with van der Waals surface area (Å²) in [6.07, 6.45) is 0. The summed E-state index contributed by atoms with van der Waals surface area (Å²) >= 11 is 0. The Morgan fingerprint density at radius 1 is 1.25 bits per heavy atom. The molecule has 1 rings (SSSR count). The maximum absolute atomic E-state index is 11.8. The lowest BCUT2D eigenvalue weighted by molar-refractivity contribution is -0.125. The number of benzene rings is 1. The first-order valence-corrected chi connectivity index (χ1v) is 6.36. The lowest BCUT2D eigenvalue weighted by Crippen LogP contribution is -2.27. The first-order chi connectivity index (χ1) is 9.24. The molecule has 0 bridgehead atoms. The number of anilines is 1. The highest BCUT2D eigenvalue weighted by Gasteiger charge is 2.15. The normalized spacial score (nSPS) is 11.1. The lowest BCUT2D eigenvalue weighted by atomic mass is 10.1. The Labute approximate surface area is 119 Å². The molecule has 0 atom stereocenters. The number of carbonyl (C=O) groups is 2. The van der Waals surface area contributed by atoms with E-state index in [1.165, 1.54) is 7.11 Å². The van der Waals surface area contributed by atoms with Gasteiger partial charge in [0.05, 0.1) is 18.3 Å². The Hall–Kier alpha value is -1.88. The van der Waals surface area contributed by atoms with E-state index in [1.54, 1.807) is 25.1 Å². The molecule has 0 saturated heterocycles.